The van der Waals surface area contributed by atoms with E-state index in [4.69, 9.17) is 11.5 Å². The van der Waals surface area contributed by atoms with Gasteiger partial charge in [0, 0.05) is 6.42 Å². The van der Waals surface area contributed by atoms with E-state index in [9.17, 15) is 4.79 Å². The van der Waals surface area contributed by atoms with Crippen LogP contribution >= 0.6 is 0 Å². The van der Waals surface area contributed by atoms with Gasteiger partial charge in [0.25, 0.3) is 5.56 Å². The van der Waals surface area contributed by atoms with Crippen molar-refractivity contribution in [3.8, 4) is 0 Å². The first-order chi connectivity index (χ1) is 9.63. The lowest BCUT2D eigenvalue weighted by Gasteiger charge is -2.05. The van der Waals surface area contributed by atoms with Crippen molar-refractivity contribution < 1.29 is 0 Å². The molecule has 5 heteroatoms. The fourth-order valence-corrected chi connectivity index (χ4v) is 2.11. The highest BCUT2D eigenvalue weighted by molar-refractivity contribution is 5.85. The maximum absolute atomic E-state index is 12.0. The van der Waals surface area contributed by atoms with Gasteiger partial charge >= 0.3 is 0 Å². The van der Waals surface area contributed by atoms with Crippen LogP contribution in [0.3, 0.4) is 0 Å². The Morgan fingerprint density at radius 2 is 1.75 bits per heavy atom. The lowest BCUT2D eigenvalue weighted by atomic mass is 10.1. The molecule has 0 aliphatic carbocycles. The standard InChI is InChI=1S/C15H14N4O/c16-10-7-12-13(8-11(10)17)19-15(20)14(18-12)6-9-4-2-1-3-5-9/h1-5,7-8H,6,16-17H2,(H,19,20). The van der Waals surface area contributed by atoms with Gasteiger partial charge in [-0.1, -0.05) is 30.3 Å². The molecule has 0 aliphatic rings. The summed E-state index contributed by atoms with van der Waals surface area (Å²) in [5, 5.41) is 0. The first kappa shape index (κ1) is 12.2. The molecule has 0 amide bonds. The summed E-state index contributed by atoms with van der Waals surface area (Å²) >= 11 is 0. The van der Waals surface area contributed by atoms with E-state index in [0.29, 0.717) is 34.5 Å². The van der Waals surface area contributed by atoms with E-state index in [2.05, 4.69) is 9.97 Å². The number of aromatic nitrogens is 2. The molecule has 0 spiro atoms. The molecule has 0 unspecified atom stereocenters. The molecule has 0 radical (unpaired) electrons. The number of fused-ring (bicyclic) bond motifs is 1. The van der Waals surface area contributed by atoms with Gasteiger partial charge in [-0.15, -0.1) is 0 Å². The molecule has 0 saturated heterocycles. The molecule has 5 nitrogen and oxygen atoms in total. The molecule has 0 bridgehead atoms. The normalized spacial score (nSPS) is 10.8. The number of hydrogen-bond acceptors (Lipinski definition) is 4. The Kier molecular flexibility index (Phi) is 2.87. The third kappa shape index (κ3) is 2.21. The molecule has 3 rings (SSSR count). The van der Waals surface area contributed by atoms with Gasteiger partial charge < -0.3 is 16.5 Å². The summed E-state index contributed by atoms with van der Waals surface area (Å²) in [6, 6.07) is 13.0. The summed E-state index contributed by atoms with van der Waals surface area (Å²) < 4.78 is 0. The van der Waals surface area contributed by atoms with Gasteiger partial charge in [0.2, 0.25) is 0 Å². The van der Waals surface area contributed by atoms with Crippen LogP contribution in [-0.4, -0.2) is 9.97 Å². The number of hydrogen-bond donors (Lipinski definition) is 3. The Labute approximate surface area is 115 Å². The van der Waals surface area contributed by atoms with Gasteiger partial charge in [0.1, 0.15) is 5.69 Å². The van der Waals surface area contributed by atoms with Crippen LogP contribution in [0.5, 0.6) is 0 Å². The average Bonchev–Trinajstić information content (AvgIpc) is 2.43. The van der Waals surface area contributed by atoms with Gasteiger partial charge in [-0.3, -0.25) is 4.79 Å². The van der Waals surface area contributed by atoms with Crippen LogP contribution in [0.2, 0.25) is 0 Å². The average molecular weight is 266 g/mol. The largest absolute Gasteiger partial charge is 0.397 e. The topological polar surface area (TPSA) is 97.8 Å². The third-order valence-corrected chi connectivity index (χ3v) is 3.18. The van der Waals surface area contributed by atoms with Crippen LogP contribution in [-0.2, 0) is 6.42 Å². The molecule has 5 N–H and O–H groups in total. The molecule has 100 valence electrons. The summed E-state index contributed by atoms with van der Waals surface area (Å²) in [6.45, 7) is 0. The number of H-pyrrole nitrogens is 1. The smallest absolute Gasteiger partial charge is 0.270 e. The molecule has 2 aromatic carbocycles. The van der Waals surface area contributed by atoms with E-state index in [1.165, 1.54) is 0 Å². The van der Waals surface area contributed by atoms with Crippen LogP contribution in [0.4, 0.5) is 11.4 Å². The fraction of sp³-hybridized carbons (Fsp3) is 0.0667. The maximum Gasteiger partial charge on any atom is 0.270 e. The molecule has 0 saturated carbocycles. The zero-order valence-electron chi connectivity index (χ0n) is 10.8. The van der Waals surface area contributed by atoms with Gasteiger partial charge in [-0.05, 0) is 17.7 Å². The zero-order valence-corrected chi connectivity index (χ0v) is 10.8. The van der Waals surface area contributed by atoms with E-state index in [1.807, 2.05) is 30.3 Å². The van der Waals surface area contributed by atoms with Gasteiger partial charge in [0.15, 0.2) is 0 Å². The molecule has 20 heavy (non-hydrogen) atoms. The lowest BCUT2D eigenvalue weighted by Crippen LogP contribution is -2.16. The predicted octanol–water partition coefficient (Wildman–Crippen LogP) is 1.68. The maximum atomic E-state index is 12.0. The second-order valence-corrected chi connectivity index (χ2v) is 4.67. The van der Waals surface area contributed by atoms with E-state index >= 15 is 0 Å². The van der Waals surface area contributed by atoms with E-state index in [0.717, 1.165) is 5.56 Å². The van der Waals surface area contributed by atoms with Gasteiger partial charge in [-0.25, -0.2) is 4.98 Å². The van der Waals surface area contributed by atoms with Crippen molar-refractivity contribution in [2.24, 2.45) is 0 Å². The molecule has 1 aromatic heterocycles. The predicted molar refractivity (Wildman–Crippen MR) is 80.4 cm³/mol. The van der Waals surface area contributed by atoms with Crippen LogP contribution in [0.1, 0.15) is 11.3 Å². The molecule has 0 fully saturated rings. The molecular weight excluding hydrogens is 252 g/mol. The quantitative estimate of drug-likeness (QED) is 0.614. The number of rotatable bonds is 2. The van der Waals surface area contributed by atoms with Crippen molar-refractivity contribution in [3.63, 3.8) is 0 Å². The molecule has 3 aromatic rings. The Balaban J connectivity index is 2.10. The Morgan fingerprint density at radius 1 is 1.05 bits per heavy atom. The summed E-state index contributed by atoms with van der Waals surface area (Å²) in [7, 11) is 0. The molecule has 0 atom stereocenters. The first-order valence-electron chi connectivity index (χ1n) is 6.25. The number of nitrogens with zero attached hydrogens (tertiary/aromatic N) is 1. The molecule has 1 heterocycles. The van der Waals surface area contributed by atoms with E-state index < -0.39 is 0 Å². The minimum atomic E-state index is -0.203. The minimum absolute atomic E-state index is 0.203. The monoisotopic (exact) mass is 266 g/mol. The number of aromatic amines is 1. The van der Waals surface area contributed by atoms with Gasteiger partial charge in [0.05, 0.1) is 22.4 Å². The lowest BCUT2D eigenvalue weighted by molar-refractivity contribution is 1.03. The van der Waals surface area contributed by atoms with Crippen molar-refractivity contribution in [1.29, 1.82) is 0 Å². The van der Waals surface area contributed by atoms with Crippen molar-refractivity contribution in [2.75, 3.05) is 11.5 Å². The summed E-state index contributed by atoms with van der Waals surface area (Å²) in [5.41, 5.74) is 14.9. The SMILES string of the molecule is Nc1cc2nc(Cc3ccccc3)c(=O)[nH]c2cc1N. The number of anilines is 2. The van der Waals surface area contributed by atoms with Crippen LogP contribution in [0.25, 0.3) is 11.0 Å². The second-order valence-electron chi connectivity index (χ2n) is 4.67. The Bertz CT molecular complexity index is 824. The number of nitrogen functional groups attached to an aromatic ring is 2. The summed E-state index contributed by atoms with van der Waals surface area (Å²) in [5.74, 6) is 0. The molecule has 0 aliphatic heterocycles. The fourth-order valence-electron chi connectivity index (χ4n) is 2.11. The minimum Gasteiger partial charge on any atom is -0.397 e. The highest BCUT2D eigenvalue weighted by atomic mass is 16.1. The van der Waals surface area contributed by atoms with Crippen molar-refractivity contribution in [2.45, 2.75) is 6.42 Å². The highest BCUT2D eigenvalue weighted by Crippen LogP contribution is 2.20. The first-order valence-corrected chi connectivity index (χ1v) is 6.25. The number of nitrogens with two attached hydrogens (primary N) is 2. The number of nitrogens with one attached hydrogen (secondary N) is 1. The van der Waals surface area contributed by atoms with Gasteiger partial charge in [-0.2, -0.15) is 0 Å². The Hall–Kier alpha value is -2.82. The zero-order chi connectivity index (χ0) is 14.1. The third-order valence-electron chi connectivity index (χ3n) is 3.18. The van der Waals surface area contributed by atoms with Crippen LogP contribution < -0.4 is 17.0 Å². The Morgan fingerprint density at radius 3 is 2.50 bits per heavy atom. The van der Waals surface area contributed by atoms with Crippen molar-refractivity contribution >= 4 is 22.4 Å². The van der Waals surface area contributed by atoms with Crippen molar-refractivity contribution in [3.05, 3.63) is 64.1 Å². The van der Waals surface area contributed by atoms with Crippen LogP contribution in [0.15, 0.2) is 47.3 Å². The summed E-state index contributed by atoms with van der Waals surface area (Å²) in [6.07, 6.45) is 0.483. The second kappa shape index (κ2) is 4.70. The number of benzene rings is 2. The molecular formula is C15H14N4O. The highest BCUT2D eigenvalue weighted by Gasteiger charge is 2.07. The van der Waals surface area contributed by atoms with E-state index in [-0.39, 0.29) is 5.56 Å². The summed E-state index contributed by atoms with van der Waals surface area (Å²) in [4.78, 5) is 19.2. The van der Waals surface area contributed by atoms with Crippen LogP contribution in [0, 0.1) is 0 Å². The van der Waals surface area contributed by atoms with E-state index in [1.54, 1.807) is 12.1 Å². The van der Waals surface area contributed by atoms with Crippen molar-refractivity contribution in [1.82, 2.24) is 9.97 Å².